The summed E-state index contributed by atoms with van der Waals surface area (Å²) in [5, 5.41) is 12.3. The molecule has 5 nitrogen and oxygen atoms in total. The molecule has 0 fully saturated rings. The maximum Gasteiger partial charge on any atom is 0.416 e. The fourth-order valence-corrected chi connectivity index (χ4v) is 4.96. The van der Waals surface area contributed by atoms with E-state index in [-0.39, 0.29) is 24.2 Å². The Bertz CT molecular complexity index is 1380. The molecule has 0 radical (unpaired) electrons. The highest BCUT2D eigenvalue weighted by Gasteiger charge is 2.45. The van der Waals surface area contributed by atoms with Crippen molar-refractivity contribution < 1.29 is 41.0 Å². The minimum atomic E-state index is -5.06. The van der Waals surface area contributed by atoms with Crippen LogP contribution in [-0.4, -0.2) is 28.4 Å². The molecule has 0 saturated carbocycles. The molecule has 3 aromatic carbocycles. The molecule has 0 unspecified atom stereocenters. The van der Waals surface area contributed by atoms with Crippen molar-refractivity contribution in [1.29, 1.82) is 0 Å². The first-order chi connectivity index (χ1) is 19.2. The van der Waals surface area contributed by atoms with Gasteiger partial charge in [0.2, 0.25) is 5.91 Å². The minimum Gasteiger partial charge on any atom is -0.392 e. The monoisotopic (exact) mass is 578 g/mol. The van der Waals surface area contributed by atoms with Crippen molar-refractivity contribution in [2.45, 2.75) is 51.3 Å². The van der Waals surface area contributed by atoms with Gasteiger partial charge in [-0.3, -0.25) is 9.59 Å². The third-order valence-corrected chi connectivity index (χ3v) is 6.91. The Kier molecular flexibility index (Phi) is 8.49. The summed E-state index contributed by atoms with van der Waals surface area (Å²) >= 11 is 0. The molecule has 0 aromatic heterocycles. The van der Waals surface area contributed by atoms with Crippen molar-refractivity contribution in [1.82, 2.24) is 10.2 Å². The topological polar surface area (TPSA) is 69.6 Å². The van der Waals surface area contributed by atoms with Crippen LogP contribution in [0, 0.1) is 5.92 Å². The molecule has 2 N–H and O–H groups in total. The number of aliphatic hydroxyl groups is 1. The summed E-state index contributed by atoms with van der Waals surface area (Å²) in [4.78, 5) is 28.6. The van der Waals surface area contributed by atoms with Crippen LogP contribution in [0.3, 0.4) is 0 Å². The molecule has 0 spiro atoms. The van der Waals surface area contributed by atoms with E-state index in [1.807, 2.05) is 13.8 Å². The standard InChI is InChI=1S/C30H28F6N2O3/c1-17(2)14-37-27(40)25-23-5-3-4-6-24(23)28(41)38(26(25)20-9-7-18(16-39)8-10-20)15-19-11-21(29(31,32)33)13-22(12-19)30(34,35)36/h3-13,17,25-26,39H,14-16H2,1-2H3,(H,37,40)/t25-,26+/m1/s1. The first kappa shape index (κ1) is 30.1. The van der Waals surface area contributed by atoms with E-state index in [4.69, 9.17) is 0 Å². The maximum atomic E-state index is 13.8. The number of fused-ring (bicyclic) bond motifs is 1. The number of amides is 2. The van der Waals surface area contributed by atoms with Crippen LogP contribution in [0.5, 0.6) is 0 Å². The molecule has 0 saturated heterocycles. The highest BCUT2D eigenvalue weighted by molar-refractivity contribution is 6.01. The Morgan fingerprint density at radius 1 is 0.902 bits per heavy atom. The number of halogens is 6. The number of carbonyl (C=O) groups excluding carboxylic acids is 2. The lowest BCUT2D eigenvalue weighted by Gasteiger charge is -2.42. The molecule has 0 bridgehead atoms. The van der Waals surface area contributed by atoms with Crippen molar-refractivity contribution in [3.63, 3.8) is 0 Å². The third-order valence-electron chi connectivity index (χ3n) is 6.91. The largest absolute Gasteiger partial charge is 0.416 e. The number of nitrogens with one attached hydrogen (secondary N) is 1. The molecule has 41 heavy (non-hydrogen) atoms. The summed E-state index contributed by atoms with van der Waals surface area (Å²) in [6.07, 6.45) is -10.1. The van der Waals surface area contributed by atoms with Gasteiger partial charge in [0.25, 0.3) is 5.91 Å². The number of benzene rings is 3. The fourth-order valence-electron chi connectivity index (χ4n) is 4.96. The van der Waals surface area contributed by atoms with E-state index in [1.54, 1.807) is 42.5 Å². The summed E-state index contributed by atoms with van der Waals surface area (Å²) < 4.78 is 81.6. The number of nitrogens with zero attached hydrogens (tertiary/aromatic N) is 1. The number of alkyl halides is 6. The lowest BCUT2D eigenvalue weighted by molar-refractivity contribution is -0.143. The van der Waals surface area contributed by atoms with Gasteiger partial charge in [-0.1, -0.05) is 56.3 Å². The van der Waals surface area contributed by atoms with Crippen molar-refractivity contribution in [3.8, 4) is 0 Å². The van der Waals surface area contributed by atoms with Crippen molar-refractivity contribution in [2.75, 3.05) is 6.54 Å². The summed E-state index contributed by atoms with van der Waals surface area (Å²) in [6, 6.07) is 12.8. The van der Waals surface area contributed by atoms with Gasteiger partial charge >= 0.3 is 12.4 Å². The molecular weight excluding hydrogens is 550 g/mol. The molecule has 1 heterocycles. The number of aliphatic hydroxyl groups excluding tert-OH is 1. The lowest BCUT2D eigenvalue weighted by Crippen LogP contribution is -2.47. The smallest absolute Gasteiger partial charge is 0.392 e. The van der Waals surface area contributed by atoms with Crippen molar-refractivity contribution in [2.24, 2.45) is 5.92 Å². The molecule has 11 heteroatoms. The van der Waals surface area contributed by atoms with Gasteiger partial charge < -0.3 is 15.3 Å². The number of rotatable bonds is 7. The zero-order valence-electron chi connectivity index (χ0n) is 22.2. The van der Waals surface area contributed by atoms with Crippen LogP contribution in [0.2, 0.25) is 0 Å². The van der Waals surface area contributed by atoms with Crippen LogP contribution in [0.25, 0.3) is 0 Å². The van der Waals surface area contributed by atoms with E-state index >= 15 is 0 Å². The Balaban J connectivity index is 1.90. The summed E-state index contributed by atoms with van der Waals surface area (Å²) in [7, 11) is 0. The molecule has 0 aliphatic carbocycles. The Morgan fingerprint density at radius 2 is 1.49 bits per heavy atom. The normalized spacial score (nSPS) is 17.5. The van der Waals surface area contributed by atoms with Gasteiger partial charge in [0.05, 0.1) is 29.7 Å². The van der Waals surface area contributed by atoms with Gasteiger partial charge in [-0.25, -0.2) is 0 Å². The van der Waals surface area contributed by atoms with Crippen LogP contribution in [-0.2, 0) is 30.3 Å². The summed E-state index contributed by atoms with van der Waals surface area (Å²) in [5.74, 6) is -2.02. The number of hydrogen-bond donors (Lipinski definition) is 2. The molecule has 218 valence electrons. The third kappa shape index (κ3) is 6.56. The highest BCUT2D eigenvalue weighted by Crippen LogP contribution is 2.44. The number of hydrogen-bond acceptors (Lipinski definition) is 3. The highest BCUT2D eigenvalue weighted by atomic mass is 19.4. The first-order valence-electron chi connectivity index (χ1n) is 12.9. The summed E-state index contributed by atoms with van der Waals surface area (Å²) in [5.41, 5.74) is -1.90. The summed E-state index contributed by atoms with van der Waals surface area (Å²) in [6.45, 7) is 3.19. The van der Waals surface area contributed by atoms with Crippen LogP contribution in [0.4, 0.5) is 26.3 Å². The van der Waals surface area contributed by atoms with E-state index in [0.29, 0.717) is 35.4 Å². The van der Waals surface area contributed by atoms with Crippen molar-refractivity contribution >= 4 is 11.8 Å². The van der Waals surface area contributed by atoms with E-state index in [2.05, 4.69) is 5.32 Å². The minimum absolute atomic E-state index is 0.0318. The van der Waals surface area contributed by atoms with E-state index in [0.717, 1.165) is 4.90 Å². The van der Waals surface area contributed by atoms with E-state index < -0.39 is 59.4 Å². The molecule has 3 aromatic rings. The van der Waals surface area contributed by atoms with E-state index in [9.17, 15) is 41.0 Å². The zero-order chi connectivity index (χ0) is 30.1. The predicted octanol–water partition coefficient (Wildman–Crippen LogP) is 6.47. The lowest BCUT2D eigenvalue weighted by atomic mass is 9.78. The van der Waals surface area contributed by atoms with Gasteiger partial charge in [-0.05, 0) is 52.4 Å². The average molecular weight is 579 g/mol. The second-order valence-corrected chi connectivity index (χ2v) is 10.4. The average Bonchev–Trinajstić information content (AvgIpc) is 2.92. The van der Waals surface area contributed by atoms with Gasteiger partial charge in [-0.15, -0.1) is 0 Å². The zero-order valence-corrected chi connectivity index (χ0v) is 22.2. The quantitative estimate of drug-likeness (QED) is 0.316. The maximum absolute atomic E-state index is 13.8. The second-order valence-electron chi connectivity index (χ2n) is 10.4. The first-order valence-corrected chi connectivity index (χ1v) is 12.9. The van der Waals surface area contributed by atoms with Gasteiger partial charge in [0.15, 0.2) is 0 Å². The Labute approximate surface area is 232 Å². The van der Waals surface area contributed by atoms with Crippen LogP contribution in [0.1, 0.15) is 69.5 Å². The molecule has 4 rings (SSSR count). The second kappa shape index (κ2) is 11.6. The predicted molar refractivity (Wildman–Crippen MR) is 138 cm³/mol. The molecular formula is C30H28F6N2O3. The Hall–Kier alpha value is -3.86. The fraction of sp³-hybridized carbons (Fsp3) is 0.333. The van der Waals surface area contributed by atoms with Gasteiger partial charge in [-0.2, -0.15) is 26.3 Å². The van der Waals surface area contributed by atoms with Crippen LogP contribution < -0.4 is 5.32 Å². The number of carbonyl (C=O) groups is 2. The molecule has 2 atom stereocenters. The van der Waals surface area contributed by atoms with Crippen LogP contribution in [0.15, 0.2) is 66.7 Å². The SMILES string of the molecule is CC(C)CNC(=O)[C@@H]1c2ccccc2C(=O)N(Cc2cc(C(F)(F)F)cc(C(F)(F)F)c2)[C@H]1c1ccc(CO)cc1. The van der Waals surface area contributed by atoms with Crippen LogP contribution >= 0.6 is 0 Å². The van der Waals surface area contributed by atoms with E-state index in [1.165, 1.54) is 6.07 Å². The Morgan fingerprint density at radius 3 is 2.02 bits per heavy atom. The molecule has 1 aliphatic heterocycles. The van der Waals surface area contributed by atoms with Gasteiger partial charge in [0, 0.05) is 18.7 Å². The van der Waals surface area contributed by atoms with Gasteiger partial charge in [0.1, 0.15) is 0 Å². The molecule has 1 aliphatic rings. The van der Waals surface area contributed by atoms with Crippen molar-refractivity contribution in [3.05, 3.63) is 106 Å². The molecule has 2 amide bonds.